The highest BCUT2D eigenvalue weighted by Gasteiger charge is 2.49. The Balaban J connectivity index is 2.43. The van der Waals surface area contributed by atoms with Gasteiger partial charge in [-0.15, -0.1) is 0 Å². The van der Waals surface area contributed by atoms with E-state index in [4.69, 9.17) is 11.6 Å². The van der Waals surface area contributed by atoms with Crippen LogP contribution in [0.25, 0.3) is 0 Å². The van der Waals surface area contributed by atoms with E-state index in [2.05, 4.69) is 0 Å². The fourth-order valence-electron chi connectivity index (χ4n) is 3.18. The summed E-state index contributed by atoms with van der Waals surface area (Å²) in [5.74, 6) is 0. The van der Waals surface area contributed by atoms with Crippen molar-refractivity contribution in [3.05, 3.63) is 29.3 Å². The number of nitrogens with zero attached hydrogens (tertiary/aromatic N) is 2. The van der Waals surface area contributed by atoms with Crippen LogP contribution in [0.15, 0.2) is 24.3 Å². The number of carbonyl (C=O) groups is 1. The number of rotatable bonds is 3. The molecule has 1 heterocycles. The van der Waals surface area contributed by atoms with Gasteiger partial charge in [-0.1, -0.05) is 18.5 Å². The van der Waals surface area contributed by atoms with Crippen LogP contribution in [0.4, 0.5) is 10.5 Å². The Morgan fingerprint density at radius 1 is 1.24 bits per heavy atom. The number of hydrogen-bond acceptors (Lipinski definition) is 2. The average molecular weight is 311 g/mol. The van der Waals surface area contributed by atoms with Crippen molar-refractivity contribution in [1.82, 2.24) is 4.90 Å². The summed E-state index contributed by atoms with van der Waals surface area (Å²) in [6.07, 6.45) is 1.36. The van der Waals surface area contributed by atoms with Gasteiger partial charge in [-0.25, -0.2) is 4.79 Å². The van der Waals surface area contributed by atoms with Gasteiger partial charge in [0, 0.05) is 29.2 Å². The van der Waals surface area contributed by atoms with Crippen LogP contribution in [0.3, 0.4) is 0 Å². The molecule has 0 unspecified atom stereocenters. The lowest BCUT2D eigenvalue weighted by Gasteiger charge is -2.53. The van der Waals surface area contributed by atoms with Crippen LogP contribution in [0.5, 0.6) is 0 Å². The number of hydrogen-bond donors (Lipinski definition) is 1. The molecule has 1 aliphatic heterocycles. The molecule has 0 aliphatic carbocycles. The number of carbonyl (C=O) groups excluding carboxylic acids is 1. The Morgan fingerprint density at radius 2 is 1.81 bits per heavy atom. The highest BCUT2D eigenvalue weighted by Crippen LogP contribution is 2.39. The maximum Gasteiger partial charge on any atom is 0.327 e. The second-order valence-corrected chi connectivity index (χ2v) is 6.89. The van der Waals surface area contributed by atoms with Crippen LogP contribution in [0, 0.1) is 0 Å². The standard InChI is InChI=1S/C16H23ClN2O2/c1-5-10-18-14(20)19(13-8-6-12(17)7-9-13)16(4,21)11-15(18,2)3/h6-9,21H,5,10-11H2,1-4H3/t16-/m0/s1. The van der Waals surface area contributed by atoms with Crippen LogP contribution >= 0.6 is 11.6 Å². The molecule has 1 saturated heterocycles. The normalized spacial score (nSPS) is 25.3. The topological polar surface area (TPSA) is 43.8 Å². The molecule has 1 aromatic rings. The van der Waals surface area contributed by atoms with Gasteiger partial charge in [0.05, 0.1) is 0 Å². The monoisotopic (exact) mass is 310 g/mol. The third-order valence-corrected chi connectivity index (χ3v) is 4.19. The lowest BCUT2D eigenvalue weighted by Crippen LogP contribution is -2.68. The van der Waals surface area contributed by atoms with Crippen LogP contribution < -0.4 is 4.90 Å². The summed E-state index contributed by atoms with van der Waals surface area (Å²) in [5.41, 5.74) is -0.941. The molecule has 1 fully saturated rings. The van der Waals surface area contributed by atoms with E-state index in [0.29, 0.717) is 23.7 Å². The van der Waals surface area contributed by atoms with E-state index in [9.17, 15) is 9.90 Å². The third kappa shape index (κ3) is 3.01. The molecule has 21 heavy (non-hydrogen) atoms. The zero-order valence-corrected chi connectivity index (χ0v) is 13.8. The highest BCUT2D eigenvalue weighted by molar-refractivity contribution is 6.30. The van der Waals surface area contributed by atoms with Gasteiger partial charge in [-0.3, -0.25) is 4.90 Å². The van der Waals surface area contributed by atoms with Crippen molar-refractivity contribution < 1.29 is 9.90 Å². The van der Waals surface area contributed by atoms with Crippen molar-refractivity contribution in [3.63, 3.8) is 0 Å². The number of anilines is 1. The van der Waals surface area contributed by atoms with Gasteiger partial charge in [0.2, 0.25) is 0 Å². The van der Waals surface area contributed by atoms with Gasteiger partial charge in [-0.05, 0) is 51.5 Å². The van der Waals surface area contributed by atoms with Crippen molar-refractivity contribution in [3.8, 4) is 0 Å². The molecule has 0 aromatic heterocycles. The minimum absolute atomic E-state index is 0.166. The lowest BCUT2D eigenvalue weighted by atomic mass is 9.87. The minimum Gasteiger partial charge on any atom is -0.371 e. The summed E-state index contributed by atoms with van der Waals surface area (Å²) in [6.45, 7) is 8.39. The van der Waals surface area contributed by atoms with Crippen LogP contribution in [0.1, 0.15) is 40.5 Å². The predicted octanol–water partition coefficient (Wildman–Crippen LogP) is 3.87. The van der Waals surface area contributed by atoms with Crippen molar-refractivity contribution >= 4 is 23.3 Å². The van der Waals surface area contributed by atoms with E-state index in [-0.39, 0.29) is 11.6 Å². The molecule has 0 radical (unpaired) electrons. The van der Waals surface area contributed by atoms with Gasteiger partial charge in [-0.2, -0.15) is 0 Å². The predicted molar refractivity (Wildman–Crippen MR) is 85.6 cm³/mol. The first kappa shape index (κ1) is 16.1. The molecular formula is C16H23ClN2O2. The fourth-order valence-corrected chi connectivity index (χ4v) is 3.31. The molecule has 1 aliphatic rings. The van der Waals surface area contributed by atoms with Gasteiger partial charge in [0.25, 0.3) is 0 Å². The molecule has 2 rings (SSSR count). The molecule has 0 saturated carbocycles. The second-order valence-electron chi connectivity index (χ2n) is 6.45. The van der Waals surface area contributed by atoms with E-state index < -0.39 is 5.72 Å². The van der Waals surface area contributed by atoms with Gasteiger partial charge in [0.1, 0.15) is 5.72 Å². The third-order valence-electron chi connectivity index (χ3n) is 3.93. The maximum atomic E-state index is 12.9. The zero-order valence-electron chi connectivity index (χ0n) is 13.1. The molecular weight excluding hydrogens is 288 g/mol. The van der Waals surface area contributed by atoms with Crippen molar-refractivity contribution in [2.75, 3.05) is 11.4 Å². The Morgan fingerprint density at radius 3 is 2.33 bits per heavy atom. The van der Waals surface area contributed by atoms with E-state index in [1.165, 1.54) is 4.90 Å². The van der Waals surface area contributed by atoms with Gasteiger partial charge >= 0.3 is 6.03 Å². The Bertz CT molecular complexity index is 526. The summed E-state index contributed by atoms with van der Waals surface area (Å²) in [7, 11) is 0. The number of aliphatic hydroxyl groups is 1. The van der Waals surface area contributed by atoms with E-state index in [1.54, 1.807) is 31.2 Å². The molecule has 1 N–H and O–H groups in total. The molecule has 0 spiro atoms. The maximum absolute atomic E-state index is 12.9. The second kappa shape index (κ2) is 5.50. The highest BCUT2D eigenvalue weighted by atomic mass is 35.5. The molecule has 1 aromatic carbocycles. The average Bonchev–Trinajstić information content (AvgIpc) is 2.35. The molecule has 1 atom stereocenters. The molecule has 2 amide bonds. The molecule has 5 heteroatoms. The van der Waals surface area contributed by atoms with E-state index >= 15 is 0 Å². The van der Waals surface area contributed by atoms with Crippen LogP contribution in [-0.4, -0.2) is 33.8 Å². The minimum atomic E-state index is -1.22. The summed E-state index contributed by atoms with van der Waals surface area (Å²) in [6, 6.07) is 6.81. The number of urea groups is 1. The molecule has 4 nitrogen and oxygen atoms in total. The Labute approximate surface area is 131 Å². The number of benzene rings is 1. The first-order chi connectivity index (χ1) is 9.69. The first-order valence-electron chi connectivity index (χ1n) is 7.29. The van der Waals surface area contributed by atoms with Crippen molar-refractivity contribution in [2.24, 2.45) is 0 Å². The molecule has 116 valence electrons. The first-order valence-corrected chi connectivity index (χ1v) is 7.66. The largest absolute Gasteiger partial charge is 0.371 e. The fraction of sp³-hybridized carbons (Fsp3) is 0.562. The summed E-state index contributed by atoms with van der Waals surface area (Å²) < 4.78 is 0. The van der Waals surface area contributed by atoms with Crippen LogP contribution in [0.2, 0.25) is 5.02 Å². The van der Waals surface area contributed by atoms with Crippen molar-refractivity contribution in [2.45, 2.75) is 51.8 Å². The number of halogens is 1. The zero-order chi connectivity index (χ0) is 15.8. The Kier molecular flexibility index (Phi) is 4.22. The quantitative estimate of drug-likeness (QED) is 0.921. The Hall–Kier alpha value is -1.26. The molecule has 0 bridgehead atoms. The summed E-state index contributed by atoms with van der Waals surface area (Å²) >= 11 is 5.91. The SMILES string of the molecule is CCCN1C(=O)N(c2ccc(Cl)cc2)[C@@](C)(O)CC1(C)C. The van der Waals surface area contributed by atoms with Crippen LogP contribution in [-0.2, 0) is 0 Å². The smallest absolute Gasteiger partial charge is 0.327 e. The van der Waals surface area contributed by atoms with Crippen molar-refractivity contribution in [1.29, 1.82) is 0 Å². The van der Waals surface area contributed by atoms with E-state index in [0.717, 1.165) is 6.42 Å². The van der Waals surface area contributed by atoms with Gasteiger partial charge < -0.3 is 10.0 Å². The summed E-state index contributed by atoms with van der Waals surface area (Å²) in [5, 5.41) is 11.4. The van der Waals surface area contributed by atoms with E-state index in [1.807, 2.05) is 25.7 Å². The lowest BCUT2D eigenvalue weighted by molar-refractivity contribution is -0.0252. The number of amides is 2. The summed E-state index contributed by atoms with van der Waals surface area (Å²) in [4.78, 5) is 16.2. The van der Waals surface area contributed by atoms with Gasteiger partial charge in [0.15, 0.2) is 0 Å².